The lowest BCUT2D eigenvalue weighted by molar-refractivity contribution is 0.102. The Balaban J connectivity index is 1.53. The third kappa shape index (κ3) is 4.61. The van der Waals surface area contributed by atoms with Crippen molar-refractivity contribution < 1.29 is 9.59 Å². The van der Waals surface area contributed by atoms with Crippen LogP contribution in [-0.2, 0) is 5.41 Å². The van der Waals surface area contributed by atoms with Crippen molar-refractivity contribution in [1.29, 1.82) is 0 Å². The number of rotatable bonds is 4. The summed E-state index contributed by atoms with van der Waals surface area (Å²) in [6.07, 6.45) is 0. The second-order valence-electron chi connectivity index (χ2n) is 11.6. The molecule has 8 rings (SSSR count). The molecule has 6 aromatic rings. The highest BCUT2D eigenvalue weighted by molar-refractivity contribution is 6.30. The van der Waals surface area contributed by atoms with Gasteiger partial charge in [-0.05, 0) is 74.7 Å². The molecule has 2 aliphatic rings. The van der Waals surface area contributed by atoms with Crippen LogP contribution in [0.2, 0.25) is 5.02 Å². The lowest BCUT2D eigenvalue weighted by Gasteiger charge is -2.28. The lowest BCUT2D eigenvalue weighted by Crippen LogP contribution is -2.31. The fourth-order valence-corrected chi connectivity index (χ4v) is 6.98. The van der Waals surface area contributed by atoms with Crippen LogP contribution in [0, 0.1) is 11.8 Å². The van der Waals surface area contributed by atoms with Crippen molar-refractivity contribution in [3.05, 3.63) is 201 Å². The predicted molar refractivity (Wildman–Crippen MR) is 188 cm³/mol. The second kappa shape index (κ2) is 11.4. The molecule has 0 radical (unpaired) electrons. The molecule has 2 nitrogen and oxygen atoms in total. The molecule has 0 amide bonds. The first kappa shape index (κ1) is 28.5. The largest absolute Gasteiger partial charge is 0.288 e. The molecule has 6 aromatic carbocycles. The normalized spacial score (nSPS) is 12.8. The fraction of sp³-hybridized carbons (Fsp3) is 0.0227. The molecule has 0 saturated heterocycles. The number of Topliss-reactive ketones (excluding diaryl/α,β-unsaturated/α-hetero) is 2. The summed E-state index contributed by atoms with van der Waals surface area (Å²) in [6, 6.07) is 48.3. The minimum Gasteiger partial charge on any atom is -0.288 e. The van der Waals surface area contributed by atoms with Crippen molar-refractivity contribution in [2.24, 2.45) is 0 Å². The van der Waals surface area contributed by atoms with Crippen LogP contribution >= 0.6 is 11.6 Å². The number of allylic oxidation sites excluding steroid dienone is 1. The number of benzene rings is 6. The van der Waals surface area contributed by atoms with Crippen molar-refractivity contribution in [3.63, 3.8) is 0 Å². The zero-order chi connectivity index (χ0) is 32.0. The molecule has 220 valence electrons. The van der Waals surface area contributed by atoms with Gasteiger partial charge in [-0.15, -0.1) is 5.73 Å². The Morgan fingerprint density at radius 3 is 1.51 bits per heavy atom. The summed E-state index contributed by atoms with van der Waals surface area (Å²) in [5.41, 5.74) is 12.2. The van der Waals surface area contributed by atoms with Crippen LogP contribution in [0.4, 0.5) is 0 Å². The van der Waals surface area contributed by atoms with Gasteiger partial charge >= 0.3 is 0 Å². The predicted octanol–water partition coefficient (Wildman–Crippen LogP) is 10.0. The molecule has 0 atom stereocenters. The van der Waals surface area contributed by atoms with E-state index in [9.17, 15) is 4.79 Å². The molecular formula is C44H25ClO2. The number of carbonyl (C=O) groups excluding carboxylic acids is 2. The summed E-state index contributed by atoms with van der Waals surface area (Å²) in [5.74, 6) is 5.85. The summed E-state index contributed by atoms with van der Waals surface area (Å²) in [5, 5.41) is 0.531. The molecule has 0 aromatic heterocycles. The summed E-state index contributed by atoms with van der Waals surface area (Å²) in [7, 11) is 0. The van der Waals surface area contributed by atoms with Gasteiger partial charge in [0.2, 0.25) is 5.78 Å². The summed E-state index contributed by atoms with van der Waals surface area (Å²) in [4.78, 5) is 28.7. The van der Waals surface area contributed by atoms with Gasteiger partial charge in [0.05, 0.1) is 5.57 Å². The van der Waals surface area contributed by atoms with E-state index in [1.165, 1.54) is 0 Å². The number of carbonyl (C=O) groups is 2. The maximum absolute atomic E-state index is 15.1. The van der Waals surface area contributed by atoms with Crippen LogP contribution in [0.5, 0.6) is 0 Å². The maximum Gasteiger partial charge on any atom is 0.235 e. The summed E-state index contributed by atoms with van der Waals surface area (Å²) in [6.45, 7) is 0. The van der Waals surface area contributed by atoms with Crippen LogP contribution in [-0.4, -0.2) is 11.6 Å². The van der Waals surface area contributed by atoms with Gasteiger partial charge in [0.15, 0.2) is 5.78 Å². The van der Waals surface area contributed by atoms with Crippen LogP contribution in [0.25, 0.3) is 27.8 Å². The maximum atomic E-state index is 15.1. The lowest BCUT2D eigenvalue weighted by atomic mass is 9.70. The van der Waals surface area contributed by atoms with E-state index in [0.717, 1.165) is 50.1 Å². The quantitative estimate of drug-likeness (QED) is 0.0645. The third-order valence-corrected chi connectivity index (χ3v) is 9.25. The van der Waals surface area contributed by atoms with E-state index < -0.39 is 5.41 Å². The first-order chi connectivity index (χ1) is 23.1. The van der Waals surface area contributed by atoms with Crippen molar-refractivity contribution in [3.8, 4) is 34.1 Å². The molecule has 0 unspecified atom stereocenters. The molecule has 0 N–H and O–H groups in total. The summed E-state index contributed by atoms with van der Waals surface area (Å²) < 4.78 is 0. The van der Waals surface area contributed by atoms with Crippen LogP contribution < -0.4 is 0 Å². The highest BCUT2D eigenvalue weighted by atomic mass is 35.5. The number of halogens is 1. The number of hydrogen-bond donors (Lipinski definition) is 0. The Morgan fingerprint density at radius 2 is 0.957 bits per heavy atom. The molecule has 0 aliphatic heterocycles. The van der Waals surface area contributed by atoms with Gasteiger partial charge in [0.1, 0.15) is 5.41 Å². The highest BCUT2D eigenvalue weighted by Gasteiger charge is 2.48. The van der Waals surface area contributed by atoms with Crippen LogP contribution in [0.3, 0.4) is 0 Å². The molecule has 0 fully saturated rings. The van der Waals surface area contributed by atoms with Crippen molar-refractivity contribution >= 4 is 28.7 Å². The van der Waals surface area contributed by atoms with Crippen molar-refractivity contribution in [2.75, 3.05) is 0 Å². The van der Waals surface area contributed by atoms with Crippen LogP contribution in [0.1, 0.15) is 43.0 Å². The Labute approximate surface area is 278 Å². The van der Waals surface area contributed by atoms with E-state index >= 15 is 4.79 Å². The van der Waals surface area contributed by atoms with Gasteiger partial charge in [-0.25, -0.2) is 0 Å². The number of hydrogen-bond acceptors (Lipinski definition) is 2. The SMILES string of the molecule is O=C(C#CC1(C(=C=C2c3ccccc3-c3ccccc32)C(=O)c2ccc(Cl)cc2)c2ccccc2-c2ccccc21)c1ccccc1. The average molecular weight is 621 g/mol. The Bertz CT molecular complexity index is 2290. The first-order valence-corrected chi connectivity index (χ1v) is 15.8. The van der Waals surface area contributed by atoms with Gasteiger partial charge < -0.3 is 0 Å². The van der Waals surface area contributed by atoms with E-state index in [2.05, 4.69) is 41.8 Å². The second-order valence-corrected chi connectivity index (χ2v) is 12.0. The molecule has 0 heterocycles. The average Bonchev–Trinajstić information content (AvgIpc) is 3.60. The summed E-state index contributed by atoms with van der Waals surface area (Å²) >= 11 is 6.28. The molecule has 47 heavy (non-hydrogen) atoms. The minimum atomic E-state index is -1.31. The highest BCUT2D eigenvalue weighted by Crippen LogP contribution is 2.54. The fourth-order valence-electron chi connectivity index (χ4n) is 6.86. The first-order valence-electron chi connectivity index (χ1n) is 15.4. The number of fused-ring (bicyclic) bond motifs is 6. The van der Waals surface area contributed by atoms with Crippen molar-refractivity contribution in [2.45, 2.75) is 5.41 Å². The molecule has 0 saturated carbocycles. The zero-order valence-corrected chi connectivity index (χ0v) is 25.9. The van der Waals surface area contributed by atoms with Crippen molar-refractivity contribution in [1.82, 2.24) is 0 Å². The molecule has 2 aliphatic carbocycles. The zero-order valence-electron chi connectivity index (χ0n) is 25.1. The Morgan fingerprint density at radius 1 is 0.489 bits per heavy atom. The van der Waals surface area contributed by atoms with Crippen LogP contribution in [0.15, 0.2) is 163 Å². The van der Waals surface area contributed by atoms with Gasteiger partial charge in [-0.1, -0.05) is 145 Å². The minimum absolute atomic E-state index is 0.246. The van der Waals surface area contributed by atoms with Gasteiger partial charge in [0.25, 0.3) is 0 Å². The molecule has 3 heteroatoms. The molecular weight excluding hydrogens is 596 g/mol. The topological polar surface area (TPSA) is 34.1 Å². The van der Waals surface area contributed by atoms with E-state index in [1.54, 1.807) is 36.4 Å². The Kier molecular flexibility index (Phi) is 6.93. The van der Waals surface area contributed by atoms with Gasteiger partial charge in [0, 0.05) is 21.7 Å². The van der Waals surface area contributed by atoms with E-state index in [-0.39, 0.29) is 11.6 Å². The monoisotopic (exact) mass is 620 g/mol. The van der Waals surface area contributed by atoms with E-state index in [1.807, 2.05) is 91.0 Å². The molecule has 0 spiro atoms. The Hall–Kier alpha value is -5.97. The van der Waals surface area contributed by atoms with Gasteiger partial charge in [-0.3, -0.25) is 9.59 Å². The molecule has 0 bridgehead atoms. The number of ketones is 2. The van der Waals surface area contributed by atoms with E-state index in [4.69, 9.17) is 11.6 Å². The smallest absolute Gasteiger partial charge is 0.235 e. The van der Waals surface area contributed by atoms with E-state index in [0.29, 0.717) is 21.7 Å². The van der Waals surface area contributed by atoms with Gasteiger partial charge in [-0.2, -0.15) is 0 Å². The standard InChI is InChI=1S/C44H25ClO2/c45-31-24-22-30(23-25-31)43(47)41(28-38-34-16-6-4-14-32(34)33-15-5-7-17-35(33)38)44(27-26-42(46)29-12-2-1-3-13-29)39-20-10-8-18-36(39)37-19-9-11-21-40(37)44/h1-25H. The third-order valence-electron chi connectivity index (χ3n) is 8.99.